The highest BCUT2D eigenvalue weighted by Crippen LogP contribution is 2.41. The van der Waals surface area contributed by atoms with Crippen molar-refractivity contribution in [2.75, 3.05) is 65.8 Å². The van der Waals surface area contributed by atoms with Crippen LogP contribution in [0.25, 0.3) is 22.6 Å². The number of aromatic hydroxyl groups is 1. The maximum absolute atomic E-state index is 15.3. The second kappa shape index (κ2) is 27.8. The van der Waals surface area contributed by atoms with Gasteiger partial charge >= 0.3 is 11.9 Å². The van der Waals surface area contributed by atoms with E-state index in [2.05, 4.69) is 21.3 Å². The fourth-order valence-corrected chi connectivity index (χ4v) is 12.5. The van der Waals surface area contributed by atoms with Gasteiger partial charge in [0.2, 0.25) is 52.7 Å². The summed E-state index contributed by atoms with van der Waals surface area (Å²) in [6.45, 7) is 17.6. The zero-order valence-corrected chi connectivity index (χ0v) is 55.0. The number of phenolic OH excluding ortho intramolecular Hbond substituents is 1. The molecule has 0 spiro atoms. The minimum Gasteiger partial charge on any atom is -0.505 e. The van der Waals surface area contributed by atoms with Crippen molar-refractivity contribution < 1.29 is 76.5 Å². The summed E-state index contributed by atoms with van der Waals surface area (Å²) in [6.07, 6.45) is -1.92. The Morgan fingerprint density at radius 1 is 0.587 bits per heavy atom. The Balaban J connectivity index is 1.36. The Morgan fingerprint density at radius 2 is 0.989 bits per heavy atom. The van der Waals surface area contributed by atoms with Crippen LogP contribution in [0.5, 0.6) is 5.75 Å². The van der Waals surface area contributed by atoms with Gasteiger partial charge in [0.1, 0.15) is 77.5 Å². The normalized spacial score (nSPS) is 25.9. The van der Waals surface area contributed by atoms with Crippen molar-refractivity contribution in [3.63, 3.8) is 0 Å². The lowest BCUT2D eigenvalue weighted by Crippen LogP contribution is -2.61. The number of carbonyl (C=O) groups excluding carboxylic acids is 12. The standard InChI is InChI=1S/C62H87N13O17/c1-25(2)41-59(86)74-21-17-19-33(74)57(84)70(13)23-35(76)72(15)47(27(5)6)61(88)90-31(11)43(55(82)66-41)68-53(80)37-39(63)49(78)29(9)51-45(37)65-46-38(40(64)50(79)30(10)52(46)92-51)54(81)69-44-32(12)91-62(89)48(28(7)8)73(16)36(77)24-71(14)58(85)34-20-18-22-75(34)60(87)42(26(3)4)67-56(44)83/h25-28,31-34,41-44,47-48,78H,17-24,63-64H2,1-16H3,(H,66,82)(H,67,83)(H,68,80)(H,69,81)/t31-,32-,33+,34+,41-,42-,43+,44+,47+,48+/m1/s1. The molecule has 5 heterocycles. The number of nitrogens with one attached hydrogen (secondary N) is 4. The zero-order valence-electron chi connectivity index (χ0n) is 55.0. The van der Waals surface area contributed by atoms with Gasteiger partial charge in [-0.3, -0.25) is 52.7 Å². The number of phenols is 1. The number of amides is 10. The lowest BCUT2D eigenvalue weighted by Gasteiger charge is -2.36. The average Bonchev–Trinajstić information content (AvgIpc) is 1.51. The van der Waals surface area contributed by atoms with E-state index >= 15 is 9.59 Å². The first-order valence-corrected chi connectivity index (χ1v) is 30.9. The lowest BCUT2D eigenvalue weighted by atomic mass is 9.97. The van der Waals surface area contributed by atoms with E-state index in [0.717, 1.165) is 9.80 Å². The number of benzene rings is 2. The number of esters is 2. The quantitative estimate of drug-likeness (QED) is 0.0676. The van der Waals surface area contributed by atoms with E-state index in [1.54, 1.807) is 55.4 Å². The molecule has 30 nitrogen and oxygen atoms in total. The first kappa shape index (κ1) is 70.3. The Bertz CT molecular complexity index is 3530. The molecule has 9 N–H and O–H groups in total. The number of carbonyl (C=O) groups is 12. The highest BCUT2D eigenvalue weighted by atomic mass is 16.6. The van der Waals surface area contributed by atoms with Crippen molar-refractivity contribution in [3.8, 4) is 17.2 Å². The topological polar surface area (TPSA) is 406 Å². The summed E-state index contributed by atoms with van der Waals surface area (Å²) in [6, 6.07) is -11.2. The minimum atomic E-state index is -1.94. The summed E-state index contributed by atoms with van der Waals surface area (Å²) >= 11 is 0. The van der Waals surface area contributed by atoms with Crippen LogP contribution in [0.4, 0.5) is 11.4 Å². The Labute approximate surface area is 532 Å². The van der Waals surface area contributed by atoms with Gasteiger partial charge in [-0.05, 0) is 77.0 Å². The largest absolute Gasteiger partial charge is 0.505 e. The fourth-order valence-electron chi connectivity index (χ4n) is 12.5. The molecule has 30 heteroatoms. The number of aryl methyl sites for hydroxylation is 1. The number of hydrogen-bond donors (Lipinski definition) is 7. The number of fused-ring (bicyclic) bond motifs is 4. The van der Waals surface area contributed by atoms with Crippen molar-refractivity contribution in [1.29, 1.82) is 0 Å². The Kier molecular flexibility index (Phi) is 21.2. The summed E-state index contributed by atoms with van der Waals surface area (Å²) in [7, 11) is 5.50. The van der Waals surface area contributed by atoms with Gasteiger partial charge in [-0.25, -0.2) is 14.6 Å². The van der Waals surface area contributed by atoms with Crippen LogP contribution in [0.2, 0.25) is 0 Å². The van der Waals surface area contributed by atoms with Gasteiger partial charge in [-0.15, -0.1) is 0 Å². The van der Waals surface area contributed by atoms with E-state index in [1.165, 1.54) is 75.5 Å². The maximum Gasteiger partial charge on any atom is 0.329 e. The van der Waals surface area contributed by atoms with Gasteiger partial charge < -0.3 is 81.1 Å². The number of hydrogen-bond acceptors (Lipinski definition) is 20. The minimum absolute atomic E-state index is 0.132. The number of cyclic esters (lactones) is 2. The van der Waals surface area contributed by atoms with Crippen LogP contribution in [0.3, 0.4) is 0 Å². The molecule has 0 saturated carbocycles. The second-order valence-electron chi connectivity index (χ2n) is 25.9. The van der Waals surface area contributed by atoms with Crippen molar-refractivity contribution in [2.24, 2.45) is 23.7 Å². The number of anilines is 2. The fraction of sp³-hybridized carbons (Fsp3) is 0.613. The third-order valence-corrected chi connectivity index (χ3v) is 17.8. The molecule has 0 aromatic heterocycles. The molecule has 10 amide bonds. The van der Waals surface area contributed by atoms with E-state index in [0.29, 0.717) is 12.8 Å². The van der Waals surface area contributed by atoms with Crippen molar-refractivity contribution >= 4 is 93.5 Å². The van der Waals surface area contributed by atoms with Gasteiger partial charge in [-0.1, -0.05) is 55.4 Å². The molecular formula is C62H87N13O17. The number of nitrogens with zero attached hydrogens (tertiary/aromatic N) is 7. The van der Waals surface area contributed by atoms with E-state index in [4.69, 9.17) is 30.3 Å². The Morgan fingerprint density at radius 3 is 1.38 bits per heavy atom. The highest BCUT2D eigenvalue weighted by Gasteiger charge is 2.47. The first-order valence-electron chi connectivity index (χ1n) is 30.9. The predicted molar refractivity (Wildman–Crippen MR) is 332 cm³/mol. The van der Waals surface area contributed by atoms with Gasteiger partial charge in [0, 0.05) is 52.4 Å². The summed E-state index contributed by atoms with van der Waals surface area (Å²) in [5.74, 6) is -14.2. The van der Waals surface area contributed by atoms with Crippen LogP contribution >= 0.6 is 0 Å². The molecule has 10 atom stereocenters. The number of likely N-dealkylation sites (N-methyl/N-ethyl adjacent to an activating group) is 4. The van der Waals surface area contributed by atoms with E-state index in [1.807, 2.05) is 0 Å². The SMILES string of the molecule is Cc1c2oc3c(C)c(O)c(N)c(C(=O)N[C@@H]4C(=O)N[C@H](C(C)C)C(=O)N5CCC[C@H]5C(=O)N(C)CC(=O)N(C)[C@@H](C(C)C)C(=O)O[C@@H]4C)c3nc-2c(C(=O)N[C@@H]2C(=O)N[C@H](C(C)C)C(=O)N3CCC[C@H]3C(=O)N(C)CC(=O)N(C)[C@@H](C(C)C)C(=O)O[C@@H]2C)c(N)c1=O. The molecule has 502 valence electrons. The summed E-state index contributed by atoms with van der Waals surface area (Å²) in [4.78, 5) is 200. The summed E-state index contributed by atoms with van der Waals surface area (Å²) in [5.41, 5.74) is 7.51. The molecule has 1 aromatic carbocycles. The Hall–Kier alpha value is -9.12. The molecule has 1 aromatic rings. The maximum atomic E-state index is 15.3. The second-order valence-corrected chi connectivity index (χ2v) is 25.9. The lowest BCUT2D eigenvalue weighted by molar-refractivity contribution is -0.163. The number of ether oxygens (including phenoxy) is 2. The number of nitrogen functional groups attached to an aromatic ring is 2. The summed E-state index contributed by atoms with van der Waals surface area (Å²) in [5, 5.41) is 22.1. The first-order chi connectivity index (χ1) is 42.9. The summed E-state index contributed by atoms with van der Waals surface area (Å²) < 4.78 is 18.2. The van der Waals surface area contributed by atoms with Crippen LogP contribution in [0.1, 0.15) is 127 Å². The van der Waals surface area contributed by atoms with Crippen LogP contribution in [-0.2, 0) is 57.4 Å². The molecule has 4 fully saturated rings. The number of rotatable bonds is 8. The monoisotopic (exact) mass is 1290 g/mol. The van der Waals surface area contributed by atoms with Crippen LogP contribution < -0.4 is 38.2 Å². The zero-order chi connectivity index (χ0) is 68.7. The smallest absolute Gasteiger partial charge is 0.329 e. The average molecular weight is 1290 g/mol. The third kappa shape index (κ3) is 13.6. The van der Waals surface area contributed by atoms with Gasteiger partial charge in [0.25, 0.3) is 11.8 Å². The van der Waals surface area contributed by atoms with E-state index in [-0.39, 0.29) is 42.6 Å². The molecule has 0 radical (unpaired) electrons. The van der Waals surface area contributed by atoms with Crippen LogP contribution in [0, 0.1) is 37.5 Å². The molecule has 0 bridgehead atoms. The molecule has 5 aliphatic heterocycles. The van der Waals surface area contributed by atoms with E-state index in [9.17, 15) is 57.8 Å². The number of aromatic nitrogens is 1. The van der Waals surface area contributed by atoms with Crippen molar-refractivity contribution in [3.05, 3.63) is 32.5 Å². The molecule has 1 aliphatic carbocycles. The van der Waals surface area contributed by atoms with Gasteiger partial charge in [0.15, 0.2) is 11.3 Å². The molecule has 92 heavy (non-hydrogen) atoms. The van der Waals surface area contributed by atoms with Gasteiger partial charge in [0.05, 0.1) is 35.6 Å². The van der Waals surface area contributed by atoms with Crippen molar-refractivity contribution in [1.82, 2.24) is 55.7 Å². The molecule has 7 rings (SSSR count). The third-order valence-electron chi connectivity index (χ3n) is 17.8. The molecular weight excluding hydrogens is 1200 g/mol. The van der Waals surface area contributed by atoms with Gasteiger partial charge in [-0.2, -0.15) is 0 Å². The predicted octanol–water partition coefficient (Wildman–Crippen LogP) is 0.0134. The molecule has 4 saturated heterocycles. The highest BCUT2D eigenvalue weighted by molar-refractivity contribution is 6.14. The van der Waals surface area contributed by atoms with Crippen molar-refractivity contribution in [2.45, 2.75) is 169 Å². The van der Waals surface area contributed by atoms with Crippen LogP contribution in [-0.4, -0.2) is 225 Å². The molecule has 6 aliphatic rings. The van der Waals surface area contributed by atoms with E-state index < -0.39 is 219 Å². The van der Waals surface area contributed by atoms with Crippen LogP contribution in [0.15, 0.2) is 9.21 Å². The number of nitrogens with two attached hydrogens (primary N) is 2. The molecule has 0 unspecified atom stereocenters.